The summed E-state index contributed by atoms with van der Waals surface area (Å²) in [5.41, 5.74) is 3.19. The number of halogens is 2. The predicted molar refractivity (Wildman–Crippen MR) is 114 cm³/mol. The molecule has 0 bridgehead atoms. The first-order chi connectivity index (χ1) is 12.8. The summed E-state index contributed by atoms with van der Waals surface area (Å²) in [5, 5.41) is 4.11. The van der Waals surface area contributed by atoms with Crippen LogP contribution in [0.15, 0.2) is 27.9 Å². The lowest BCUT2D eigenvalue weighted by atomic mass is 10.1. The number of aryl methyl sites for hydroxylation is 2. The van der Waals surface area contributed by atoms with Gasteiger partial charge in [0.15, 0.2) is 0 Å². The van der Waals surface area contributed by atoms with Gasteiger partial charge in [-0.25, -0.2) is 0 Å². The van der Waals surface area contributed by atoms with E-state index in [0.29, 0.717) is 25.7 Å². The lowest BCUT2D eigenvalue weighted by molar-refractivity contribution is 0.134. The van der Waals surface area contributed by atoms with E-state index >= 15 is 0 Å². The Morgan fingerprint density at radius 2 is 1.85 bits per heavy atom. The standard InChI is InChI=1S/C21H31Cl2NO3/c1-6-18-14-19(25-12-9-20(22)23)13-16(4)21(18)26-10-7-8-11-27-24-17(5)15(2)3/h9,13-15H,6-8,10-12H2,1-5H3/b24-17+. The first-order valence-electron chi connectivity index (χ1n) is 9.41. The Labute approximate surface area is 173 Å². The van der Waals surface area contributed by atoms with E-state index in [4.69, 9.17) is 37.5 Å². The number of unbranched alkanes of at least 4 members (excludes halogenated alkanes) is 1. The number of hydrogen-bond acceptors (Lipinski definition) is 4. The molecule has 0 unspecified atom stereocenters. The Hall–Kier alpha value is -1.39. The van der Waals surface area contributed by atoms with Crippen LogP contribution >= 0.6 is 23.2 Å². The highest BCUT2D eigenvalue weighted by molar-refractivity contribution is 6.55. The molecule has 0 radical (unpaired) electrons. The minimum Gasteiger partial charge on any atom is -0.493 e. The Balaban J connectivity index is 2.48. The van der Waals surface area contributed by atoms with Crippen LogP contribution < -0.4 is 9.47 Å². The zero-order valence-electron chi connectivity index (χ0n) is 17.0. The van der Waals surface area contributed by atoms with Crippen molar-refractivity contribution in [2.24, 2.45) is 11.1 Å². The van der Waals surface area contributed by atoms with E-state index in [1.165, 1.54) is 0 Å². The smallest absolute Gasteiger partial charge is 0.125 e. The van der Waals surface area contributed by atoms with E-state index < -0.39 is 0 Å². The molecule has 4 nitrogen and oxygen atoms in total. The zero-order valence-corrected chi connectivity index (χ0v) is 18.5. The van der Waals surface area contributed by atoms with Crippen LogP contribution in [0.25, 0.3) is 0 Å². The number of hydrogen-bond donors (Lipinski definition) is 0. The molecule has 0 fully saturated rings. The van der Waals surface area contributed by atoms with Crippen LogP contribution in [0.1, 0.15) is 51.7 Å². The number of ether oxygens (including phenoxy) is 2. The summed E-state index contributed by atoms with van der Waals surface area (Å²) in [6.45, 7) is 11.9. The number of nitrogens with zero attached hydrogens (tertiary/aromatic N) is 1. The van der Waals surface area contributed by atoms with Crippen molar-refractivity contribution in [1.82, 2.24) is 0 Å². The maximum Gasteiger partial charge on any atom is 0.125 e. The van der Waals surface area contributed by atoms with Gasteiger partial charge >= 0.3 is 0 Å². The molecule has 0 saturated carbocycles. The summed E-state index contributed by atoms with van der Waals surface area (Å²) in [7, 11) is 0. The van der Waals surface area contributed by atoms with Gasteiger partial charge in [-0.05, 0) is 68.4 Å². The molecule has 1 aromatic rings. The molecule has 0 heterocycles. The Kier molecular flexibility index (Phi) is 11.3. The number of benzene rings is 1. The van der Waals surface area contributed by atoms with Gasteiger partial charge in [-0.15, -0.1) is 0 Å². The highest BCUT2D eigenvalue weighted by atomic mass is 35.5. The van der Waals surface area contributed by atoms with Gasteiger partial charge in [-0.1, -0.05) is 49.1 Å². The Bertz CT molecular complexity index is 639. The van der Waals surface area contributed by atoms with Crippen molar-refractivity contribution in [3.8, 4) is 11.5 Å². The van der Waals surface area contributed by atoms with Gasteiger partial charge in [0.2, 0.25) is 0 Å². The summed E-state index contributed by atoms with van der Waals surface area (Å²) in [6.07, 6.45) is 4.30. The van der Waals surface area contributed by atoms with Gasteiger partial charge in [0.1, 0.15) is 29.2 Å². The highest BCUT2D eigenvalue weighted by Crippen LogP contribution is 2.30. The molecule has 152 valence electrons. The van der Waals surface area contributed by atoms with E-state index in [1.54, 1.807) is 6.08 Å². The lowest BCUT2D eigenvalue weighted by Crippen LogP contribution is -2.05. The van der Waals surface area contributed by atoms with Crippen molar-refractivity contribution in [1.29, 1.82) is 0 Å². The average molecular weight is 416 g/mol. The molecular formula is C21H31Cl2NO3. The van der Waals surface area contributed by atoms with E-state index in [2.05, 4.69) is 25.9 Å². The fraction of sp³-hybridized carbons (Fsp3) is 0.571. The first kappa shape index (κ1) is 23.6. The van der Waals surface area contributed by atoms with Crippen molar-refractivity contribution in [2.45, 2.75) is 53.9 Å². The van der Waals surface area contributed by atoms with Gasteiger partial charge in [0.05, 0.1) is 12.3 Å². The monoisotopic (exact) mass is 415 g/mol. The number of oxime groups is 1. The van der Waals surface area contributed by atoms with E-state index in [1.807, 2.05) is 26.0 Å². The Morgan fingerprint density at radius 3 is 2.48 bits per heavy atom. The maximum absolute atomic E-state index is 6.02. The maximum atomic E-state index is 6.02. The second-order valence-electron chi connectivity index (χ2n) is 6.66. The molecule has 0 N–H and O–H groups in total. The molecule has 0 aliphatic rings. The van der Waals surface area contributed by atoms with Crippen LogP contribution in [0.3, 0.4) is 0 Å². The summed E-state index contributed by atoms with van der Waals surface area (Å²) in [6, 6.07) is 3.97. The van der Waals surface area contributed by atoms with Crippen LogP contribution in [0.4, 0.5) is 0 Å². The van der Waals surface area contributed by atoms with Crippen molar-refractivity contribution < 1.29 is 14.3 Å². The first-order valence-corrected chi connectivity index (χ1v) is 10.2. The van der Waals surface area contributed by atoms with Crippen LogP contribution in [0, 0.1) is 12.8 Å². The third-order valence-electron chi connectivity index (χ3n) is 4.11. The molecule has 1 aromatic carbocycles. The van der Waals surface area contributed by atoms with Crippen LogP contribution in [-0.2, 0) is 11.3 Å². The predicted octanol–water partition coefficient (Wildman–Crippen LogP) is 6.46. The summed E-state index contributed by atoms with van der Waals surface area (Å²) in [5.74, 6) is 2.14. The van der Waals surface area contributed by atoms with Gasteiger partial charge in [0.25, 0.3) is 0 Å². The van der Waals surface area contributed by atoms with Gasteiger partial charge in [-0.3, -0.25) is 0 Å². The average Bonchev–Trinajstić information content (AvgIpc) is 2.61. The second-order valence-corrected chi connectivity index (χ2v) is 7.67. The fourth-order valence-electron chi connectivity index (χ4n) is 2.26. The van der Waals surface area contributed by atoms with Gasteiger partial charge < -0.3 is 14.3 Å². The summed E-state index contributed by atoms with van der Waals surface area (Å²) < 4.78 is 11.9. The Morgan fingerprint density at radius 1 is 1.15 bits per heavy atom. The van der Waals surface area contributed by atoms with Gasteiger partial charge in [-0.2, -0.15) is 0 Å². The van der Waals surface area contributed by atoms with E-state index in [-0.39, 0.29) is 4.49 Å². The molecule has 1 rings (SSSR count). The second kappa shape index (κ2) is 12.9. The molecule has 6 heteroatoms. The van der Waals surface area contributed by atoms with Crippen molar-refractivity contribution >= 4 is 28.9 Å². The number of rotatable bonds is 12. The van der Waals surface area contributed by atoms with Crippen LogP contribution in [0.5, 0.6) is 11.5 Å². The molecule has 27 heavy (non-hydrogen) atoms. The molecule has 0 aliphatic heterocycles. The van der Waals surface area contributed by atoms with Crippen LogP contribution in [-0.4, -0.2) is 25.5 Å². The molecule has 0 atom stereocenters. The third kappa shape index (κ3) is 9.39. The quantitative estimate of drug-likeness (QED) is 0.223. The topological polar surface area (TPSA) is 40.0 Å². The highest BCUT2D eigenvalue weighted by Gasteiger charge is 2.09. The van der Waals surface area contributed by atoms with E-state index in [0.717, 1.165) is 47.6 Å². The van der Waals surface area contributed by atoms with Crippen molar-refractivity contribution in [2.75, 3.05) is 19.8 Å². The van der Waals surface area contributed by atoms with E-state index in [9.17, 15) is 0 Å². The third-order valence-corrected chi connectivity index (χ3v) is 4.42. The summed E-state index contributed by atoms with van der Waals surface area (Å²) in [4.78, 5) is 5.34. The molecule has 0 amide bonds. The van der Waals surface area contributed by atoms with Crippen molar-refractivity contribution in [3.63, 3.8) is 0 Å². The van der Waals surface area contributed by atoms with Crippen molar-refractivity contribution in [3.05, 3.63) is 33.8 Å². The summed E-state index contributed by atoms with van der Waals surface area (Å²) >= 11 is 11.2. The molecule has 0 spiro atoms. The van der Waals surface area contributed by atoms with Gasteiger partial charge in [0, 0.05) is 0 Å². The molecule has 0 saturated heterocycles. The largest absolute Gasteiger partial charge is 0.493 e. The minimum atomic E-state index is 0.205. The van der Waals surface area contributed by atoms with Crippen LogP contribution in [0.2, 0.25) is 0 Å². The molecule has 0 aromatic heterocycles. The molecular weight excluding hydrogens is 385 g/mol. The fourth-order valence-corrected chi connectivity index (χ4v) is 2.39. The SMILES string of the molecule is CCc1cc(OCC=C(Cl)Cl)cc(C)c1OCCCCO/N=C(\C)C(C)C. The lowest BCUT2D eigenvalue weighted by Gasteiger charge is -2.15. The minimum absolute atomic E-state index is 0.205. The molecule has 0 aliphatic carbocycles. The normalized spacial score (nSPS) is 11.5. The zero-order chi connectivity index (χ0) is 20.2.